The number of carbonyl (C=O) groups is 4. The van der Waals surface area contributed by atoms with Crippen LogP contribution in [0.25, 0.3) is 0 Å². The lowest BCUT2D eigenvalue weighted by Crippen LogP contribution is -2.78. The third-order valence-electron chi connectivity index (χ3n) is 3.79. The van der Waals surface area contributed by atoms with Crippen LogP contribution in [0.3, 0.4) is 0 Å². The first-order valence-corrected chi connectivity index (χ1v) is 6.16. The standard InChI is InChI=1S/C12H13N3O6/c1-5(16)14(4-13)8-6-3-7(21-2)10(17)9(12(19)20)15(6)11(8)18/h6-9H,3H2,1-2H3,(H,19,20)/t6-,7+,8-,9+/m0/s1. The summed E-state index contributed by atoms with van der Waals surface area (Å²) in [7, 11) is 1.26. The first kappa shape index (κ1) is 14.9. The number of hydrogen-bond acceptors (Lipinski definition) is 6. The lowest BCUT2D eigenvalue weighted by Gasteiger charge is -2.54. The number of rotatable bonds is 3. The van der Waals surface area contributed by atoms with E-state index >= 15 is 0 Å². The molecule has 112 valence electrons. The minimum atomic E-state index is -1.63. The van der Waals surface area contributed by atoms with Gasteiger partial charge in [0.05, 0.1) is 6.04 Å². The van der Waals surface area contributed by atoms with Crippen LogP contribution in [-0.2, 0) is 23.9 Å². The van der Waals surface area contributed by atoms with E-state index in [1.165, 1.54) is 7.11 Å². The number of ether oxygens (including phenoxy) is 1. The van der Waals surface area contributed by atoms with Crippen molar-refractivity contribution in [3.05, 3.63) is 0 Å². The van der Waals surface area contributed by atoms with Gasteiger partial charge >= 0.3 is 5.97 Å². The first-order valence-electron chi connectivity index (χ1n) is 6.16. The van der Waals surface area contributed by atoms with Gasteiger partial charge in [-0.25, -0.2) is 9.69 Å². The Bertz CT molecular complexity index is 568. The highest BCUT2D eigenvalue weighted by atomic mass is 16.5. The molecular weight excluding hydrogens is 282 g/mol. The Labute approximate surface area is 119 Å². The number of nitriles is 1. The third kappa shape index (κ3) is 2.04. The number of fused-ring (bicyclic) bond motifs is 1. The minimum Gasteiger partial charge on any atom is -0.479 e. The smallest absolute Gasteiger partial charge is 0.334 e. The van der Waals surface area contributed by atoms with Gasteiger partial charge in [-0.05, 0) is 0 Å². The molecule has 4 atom stereocenters. The zero-order valence-corrected chi connectivity index (χ0v) is 11.3. The quantitative estimate of drug-likeness (QED) is 0.285. The van der Waals surface area contributed by atoms with E-state index in [4.69, 9.17) is 15.1 Å². The summed E-state index contributed by atoms with van der Waals surface area (Å²) in [6.45, 7) is 1.13. The molecule has 0 aromatic heterocycles. The molecule has 2 rings (SSSR count). The van der Waals surface area contributed by atoms with Gasteiger partial charge in [0.25, 0.3) is 0 Å². The fourth-order valence-corrected chi connectivity index (χ4v) is 2.82. The molecule has 0 radical (unpaired) electrons. The number of hydrogen-bond donors (Lipinski definition) is 1. The van der Waals surface area contributed by atoms with Crippen LogP contribution in [0.2, 0.25) is 0 Å². The summed E-state index contributed by atoms with van der Waals surface area (Å²) in [6.07, 6.45) is 0.698. The molecule has 0 aromatic carbocycles. The molecule has 2 aliphatic heterocycles. The number of amides is 2. The number of β-lactam (4-membered cyclic amide) rings is 1. The Morgan fingerprint density at radius 1 is 1.48 bits per heavy atom. The van der Waals surface area contributed by atoms with Crippen molar-refractivity contribution in [1.29, 1.82) is 5.26 Å². The zero-order valence-electron chi connectivity index (χ0n) is 11.3. The molecule has 1 N–H and O–H groups in total. The van der Waals surface area contributed by atoms with E-state index in [0.717, 1.165) is 11.8 Å². The van der Waals surface area contributed by atoms with Crippen LogP contribution in [0.5, 0.6) is 0 Å². The highest BCUT2D eigenvalue weighted by molar-refractivity contribution is 6.11. The van der Waals surface area contributed by atoms with Gasteiger partial charge in [0.2, 0.25) is 11.8 Å². The SMILES string of the molecule is CO[C@@H]1C[C@H]2[C@H](N(C#N)C(C)=O)C(=O)N2[C@@H](C(=O)O)C1=O. The fourth-order valence-electron chi connectivity index (χ4n) is 2.82. The Morgan fingerprint density at radius 2 is 2.10 bits per heavy atom. The van der Waals surface area contributed by atoms with Crippen molar-refractivity contribution in [3.8, 4) is 6.19 Å². The van der Waals surface area contributed by atoms with E-state index < -0.39 is 47.8 Å². The lowest BCUT2D eigenvalue weighted by atomic mass is 9.79. The molecule has 2 saturated heterocycles. The molecule has 0 unspecified atom stereocenters. The molecule has 0 aromatic rings. The minimum absolute atomic E-state index is 0.0565. The third-order valence-corrected chi connectivity index (χ3v) is 3.79. The van der Waals surface area contributed by atoms with E-state index in [1.807, 2.05) is 0 Å². The summed E-state index contributed by atoms with van der Waals surface area (Å²) in [4.78, 5) is 48.3. The topological polar surface area (TPSA) is 128 Å². The number of ketones is 1. The number of carbonyl (C=O) groups excluding carboxylic acids is 3. The predicted molar refractivity (Wildman–Crippen MR) is 64.4 cm³/mol. The maximum absolute atomic E-state index is 12.1. The van der Waals surface area contributed by atoms with Gasteiger partial charge in [-0.1, -0.05) is 0 Å². The molecule has 0 bridgehead atoms. The van der Waals surface area contributed by atoms with Crippen LogP contribution in [-0.4, -0.2) is 69.8 Å². The molecule has 0 spiro atoms. The molecule has 2 heterocycles. The number of nitrogens with zero attached hydrogens (tertiary/aromatic N) is 3. The normalized spacial score (nSPS) is 31.0. The number of aliphatic carboxylic acids is 1. The van der Waals surface area contributed by atoms with E-state index in [1.54, 1.807) is 6.19 Å². The van der Waals surface area contributed by atoms with Gasteiger partial charge in [-0.3, -0.25) is 14.4 Å². The molecule has 2 amide bonds. The second-order valence-electron chi connectivity index (χ2n) is 4.85. The second-order valence-corrected chi connectivity index (χ2v) is 4.85. The summed E-state index contributed by atoms with van der Waals surface area (Å²) in [5.41, 5.74) is 0. The molecule has 0 aliphatic carbocycles. The number of piperidine rings is 1. The highest BCUT2D eigenvalue weighted by Crippen LogP contribution is 2.36. The molecule has 9 nitrogen and oxygen atoms in total. The summed E-state index contributed by atoms with van der Waals surface area (Å²) >= 11 is 0. The Morgan fingerprint density at radius 3 is 2.52 bits per heavy atom. The van der Waals surface area contributed by atoms with Crippen molar-refractivity contribution >= 4 is 23.6 Å². The summed E-state index contributed by atoms with van der Waals surface area (Å²) < 4.78 is 4.96. The van der Waals surface area contributed by atoms with Crippen LogP contribution >= 0.6 is 0 Å². The van der Waals surface area contributed by atoms with Gasteiger partial charge in [0.15, 0.2) is 18.0 Å². The second kappa shape index (κ2) is 5.14. The summed E-state index contributed by atoms with van der Waals surface area (Å²) in [5.74, 6) is -3.50. The Kier molecular flexibility index (Phi) is 3.65. The number of Topliss-reactive ketones (excluding diaryl/α,β-unsaturated/α-hetero) is 1. The van der Waals surface area contributed by atoms with Crippen LogP contribution < -0.4 is 0 Å². The van der Waals surface area contributed by atoms with E-state index in [0.29, 0.717) is 4.90 Å². The van der Waals surface area contributed by atoms with Crippen LogP contribution in [0, 0.1) is 11.5 Å². The van der Waals surface area contributed by atoms with Crippen molar-refractivity contribution in [2.24, 2.45) is 0 Å². The van der Waals surface area contributed by atoms with Crippen LogP contribution in [0.4, 0.5) is 0 Å². The maximum Gasteiger partial charge on any atom is 0.334 e. The summed E-state index contributed by atoms with van der Waals surface area (Å²) in [6, 6.07) is -3.42. The Hall–Kier alpha value is -2.47. The van der Waals surface area contributed by atoms with Gasteiger partial charge in [0.1, 0.15) is 12.1 Å². The van der Waals surface area contributed by atoms with Crippen molar-refractivity contribution in [3.63, 3.8) is 0 Å². The van der Waals surface area contributed by atoms with Gasteiger partial charge in [-0.2, -0.15) is 5.26 Å². The van der Waals surface area contributed by atoms with E-state index in [9.17, 15) is 19.2 Å². The fraction of sp³-hybridized carbons (Fsp3) is 0.583. The van der Waals surface area contributed by atoms with Crippen molar-refractivity contribution < 1.29 is 29.0 Å². The van der Waals surface area contributed by atoms with Crippen molar-refractivity contribution in [1.82, 2.24) is 9.80 Å². The van der Waals surface area contributed by atoms with E-state index in [2.05, 4.69) is 0 Å². The Balaban J connectivity index is 2.34. The zero-order chi connectivity index (χ0) is 15.9. The molecule has 21 heavy (non-hydrogen) atoms. The monoisotopic (exact) mass is 295 g/mol. The molecule has 2 fully saturated rings. The van der Waals surface area contributed by atoms with Crippen molar-refractivity contribution in [2.45, 2.75) is 37.6 Å². The predicted octanol–water partition coefficient (Wildman–Crippen LogP) is -1.66. The van der Waals surface area contributed by atoms with Crippen LogP contribution in [0.15, 0.2) is 0 Å². The first-order chi connectivity index (χ1) is 9.84. The van der Waals surface area contributed by atoms with Gasteiger partial charge in [0, 0.05) is 20.5 Å². The van der Waals surface area contributed by atoms with Crippen LogP contribution in [0.1, 0.15) is 13.3 Å². The molecule has 9 heteroatoms. The van der Waals surface area contributed by atoms with Gasteiger partial charge < -0.3 is 14.7 Å². The average molecular weight is 295 g/mol. The van der Waals surface area contributed by atoms with Crippen molar-refractivity contribution in [2.75, 3.05) is 7.11 Å². The van der Waals surface area contributed by atoms with E-state index in [-0.39, 0.29) is 6.42 Å². The van der Waals surface area contributed by atoms with Gasteiger partial charge in [-0.15, -0.1) is 0 Å². The summed E-state index contributed by atoms with van der Waals surface area (Å²) in [5, 5.41) is 18.1. The number of carboxylic acids is 1. The highest BCUT2D eigenvalue weighted by Gasteiger charge is 2.61. The largest absolute Gasteiger partial charge is 0.479 e. The average Bonchev–Trinajstić information content (AvgIpc) is 2.43. The lowest BCUT2D eigenvalue weighted by molar-refractivity contribution is -0.185. The molecule has 0 saturated carbocycles. The number of carboxylic acid groups (broad SMARTS) is 1. The maximum atomic E-state index is 12.1. The molecular formula is C12H13N3O6. The number of methoxy groups -OCH3 is 1. The molecule has 2 aliphatic rings.